The lowest BCUT2D eigenvalue weighted by molar-refractivity contribution is -0.137. The average Bonchev–Trinajstić information content (AvgIpc) is 2.69. The molecule has 1 saturated carbocycles. The minimum absolute atomic E-state index is 0. The first-order valence-electron chi connectivity index (χ1n) is 9.96. The highest BCUT2D eigenvalue weighted by atomic mass is 35.5. The van der Waals surface area contributed by atoms with Crippen molar-refractivity contribution in [1.29, 1.82) is 0 Å². The molecule has 2 aliphatic rings. The Morgan fingerprint density at radius 3 is 2.30 bits per heavy atom. The maximum absolute atomic E-state index is 12.8. The van der Waals surface area contributed by atoms with E-state index in [4.69, 9.17) is 5.73 Å². The number of benzene rings is 1. The number of piperidine rings is 1. The summed E-state index contributed by atoms with van der Waals surface area (Å²) in [6.45, 7) is 1.95. The predicted octanol–water partition coefficient (Wildman–Crippen LogP) is 3.58. The second-order valence-electron chi connectivity index (χ2n) is 7.95. The van der Waals surface area contributed by atoms with E-state index in [1.807, 2.05) is 35.2 Å². The molecule has 1 heterocycles. The van der Waals surface area contributed by atoms with Gasteiger partial charge in [0, 0.05) is 31.1 Å². The average molecular weight is 394 g/mol. The van der Waals surface area contributed by atoms with Crippen LogP contribution in [0.3, 0.4) is 0 Å². The Bertz CT molecular complexity index is 609. The molecular weight excluding hydrogens is 362 g/mol. The summed E-state index contributed by atoms with van der Waals surface area (Å²) < 4.78 is 0. The van der Waals surface area contributed by atoms with Crippen LogP contribution in [-0.2, 0) is 9.59 Å². The first kappa shape index (κ1) is 21.7. The van der Waals surface area contributed by atoms with Crippen LogP contribution in [0.1, 0.15) is 51.4 Å². The molecule has 0 bridgehead atoms. The highest BCUT2D eigenvalue weighted by Gasteiger charge is 2.35. The van der Waals surface area contributed by atoms with Crippen LogP contribution in [0.4, 0.5) is 5.69 Å². The molecular formula is C21H32ClN3O2. The third-order valence-electron chi connectivity index (χ3n) is 6.13. The molecule has 0 atom stereocenters. The molecule has 0 radical (unpaired) electrons. The molecule has 1 aliphatic heterocycles. The number of amides is 2. The van der Waals surface area contributed by atoms with Crippen LogP contribution in [0.2, 0.25) is 0 Å². The normalized spacial score (nSPS) is 19.8. The van der Waals surface area contributed by atoms with E-state index in [2.05, 4.69) is 5.32 Å². The summed E-state index contributed by atoms with van der Waals surface area (Å²) in [4.78, 5) is 27.1. The monoisotopic (exact) mass is 393 g/mol. The number of halogens is 1. The summed E-state index contributed by atoms with van der Waals surface area (Å²) in [5, 5.41) is 2.98. The van der Waals surface area contributed by atoms with Gasteiger partial charge in [-0.2, -0.15) is 0 Å². The number of carbonyl (C=O) groups excluding carboxylic acids is 2. The van der Waals surface area contributed by atoms with E-state index in [0.717, 1.165) is 31.4 Å². The van der Waals surface area contributed by atoms with E-state index in [9.17, 15) is 9.59 Å². The zero-order chi connectivity index (χ0) is 18.4. The molecule has 0 spiro atoms. The predicted molar refractivity (Wildman–Crippen MR) is 111 cm³/mol. The number of hydrogen-bond donors (Lipinski definition) is 2. The second-order valence-corrected chi connectivity index (χ2v) is 7.95. The molecule has 1 saturated heterocycles. The summed E-state index contributed by atoms with van der Waals surface area (Å²) >= 11 is 0. The van der Waals surface area contributed by atoms with Crippen LogP contribution in [0, 0.1) is 11.3 Å². The molecule has 3 N–H and O–H groups in total. The Hall–Kier alpha value is -1.59. The number of likely N-dealkylation sites (tertiary alicyclic amines) is 1. The van der Waals surface area contributed by atoms with E-state index >= 15 is 0 Å². The maximum atomic E-state index is 12.8. The molecule has 1 aromatic carbocycles. The third-order valence-corrected chi connectivity index (χ3v) is 6.13. The van der Waals surface area contributed by atoms with Crippen LogP contribution < -0.4 is 11.1 Å². The molecule has 2 amide bonds. The van der Waals surface area contributed by atoms with Crippen molar-refractivity contribution < 1.29 is 9.59 Å². The van der Waals surface area contributed by atoms with E-state index in [0.29, 0.717) is 26.1 Å². The van der Waals surface area contributed by atoms with Crippen LogP contribution in [-0.4, -0.2) is 36.3 Å². The second kappa shape index (κ2) is 10.1. The Labute approximate surface area is 168 Å². The molecule has 27 heavy (non-hydrogen) atoms. The summed E-state index contributed by atoms with van der Waals surface area (Å²) in [6.07, 6.45) is 7.83. The zero-order valence-corrected chi connectivity index (χ0v) is 16.8. The van der Waals surface area contributed by atoms with Gasteiger partial charge >= 0.3 is 0 Å². The minimum atomic E-state index is -0.0163. The number of nitrogens with zero attached hydrogens (tertiary/aromatic N) is 1. The Morgan fingerprint density at radius 1 is 1.07 bits per heavy atom. The van der Waals surface area contributed by atoms with Crippen molar-refractivity contribution >= 4 is 29.9 Å². The van der Waals surface area contributed by atoms with Gasteiger partial charge in [-0.1, -0.05) is 37.5 Å². The van der Waals surface area contributed by atoms with Gasteiger partial charge in [0.2, 0.25) is 11.8 Å². The van der Waals surface area contributed by atoms with Crippen molar-refractivity contribution in [2.45, 2.75) is 51.4 Å². The summed E-state index contributed by atoms with van der Waals surface area (Å²) in [5.74, 6) is 0.269. The Balaban J connectivity index is 0.00000261. The van der Waals surface area contributed by atoms with E-state index in [1.165, 1.54) is 19.3 Å². The largest absolute Gasteiger partial charge is 0.343 e. The number of anilines is 1. The number of hydrogen-bond acceptors (Lipinski definition) is 3. The first-order chi connectivity index (χ1) is 12.6. The van der Waals surface area contributed by atoms with Gasteiger partial charge in [-0.25, -0.2) is 0 Å². The van der Waals surface area contributed by atoms with E-state index in [1.54, 1.807) is 0 Å². The van der Waals surface area contributed by atoms with Gasteiger partial charge < -0.3 is 16.0 Å². The molecule has 150 valence electrons. The lowest BCUT2D eigenvalue weighted by atomic mass is 9.71. The van der Waals surface area contributed by atoms with Gasteiger partial charge in [0.15, 0.2) is 0 Å². The lowest BCUT2D eigenvalue weighted by Gasteiger charge is -2.38. The highest BCUT2D eigenvalue weighted by Crippen LogP contribution is 2.39. The lowest BCUT2D eigenvalue weighted by Crippen LogP contribution is -2.45. The number of para-hydroxylation sites is 1. The van der Waals surface area contributed by atoms with E-state index < -0.39 is 0 Å². The van der Waals surface area contributed by atoms with Gasteiger partial charge in [0.05, 0.1) is 0 Å². The van der Waals surface area contributed by atoms with Crippen molar-refractivity contribution in [3.8, 4) is 0 Å². The fraction of sp³-hybridized carbons (Fsp3) is 0.619. The van der Waals surface area contributed by atoms with Crippen LogP contribution in [0.15, 0.2) is 30.3 Å². The van der Waals surface area contributed by atoms with Crippen molar-refractivity contribution in [2.75, 3.05) is 25.0 Å². The number of rotatable bonds is 5. The fourth-order valence-corrected chi connectivity index (χ4v) is 4.34. The van der Waals surface area contributed by atoms with Gasteiger partial charge in [0.1, 0.15) is 0 Å². The molecule has 1 aliphatic carbocycles. The fourth-order valence-electron chi connectivity index (χ4n) is 4.34. The van der Waals surface area contributed by atoms with Gasteiger partial charge in [-0.3, -0.25) is 9.59 Å². The SMILES string of the molecule is Cl.NCC1(CC(=O)N2CCC(C(=O)Nc3ccccc3)CC2)CCCCC1. The molecule has 6 heteroatoms. The first-order valence-corrected chi connectivity index (χ1v) is 9.96. The smallest absolute Gasteiger partial charge is 0.227 e. The standard InChI is InChI=1S/C21H31N3O2.ClH/c22-16-21(11-5-2-6-12-21)15-19(25)24-13-9-17(10-14-24)20(26)23-18-7-3-1-4-8-18;/h1,3-4,7-8,17H,2,5-6,9-16,22H2,(H,23,26);1H. The highest BCUT2D eigenvalue weighted by molar-refractivity contribution is 5.92. The van der Waals surface area contributed by atoms with Crippen molar-refractivity contribution in [1.82, 2.24) is 4.90 Å². The Kier molecular flexibility index (Phi) is 8.11. The molecule has 0 aromatic heterocycles. The van der Waals surface area contributed by atoms with Gasteiger partial charge in [0.25, 0.3) is 0 Å². The van der Waals surface area contributed by atoms with Gasteiger partial charge in [-0.05, 0) is 49.8 Å². The van der Waals surface area contributed by atoms with Crippen LogP contribution in [0.25, 0.3) is 0 Å². The van der Waals surface area contributed by atoms with Crippen LogP contribution in [0.5, 0.6) is 0 Å². The topological polar surface area (TPSA) is 75.4 Å². The van der Waals surface area contributed by atoms with Crippen molar-refractivity contribution in [3.05, 3.63) is 30.3 Å². The number of carbonyl (C=O) groups is 2. The zero-order valence-electron chi connectivity index (χ0n) is 16.0. The number of nitrogens with one attached hydrogen (secondary N) is 1. The molecule has 1 aromatic rings. The number of nitrogens with two attached hydrogens (primary N) is 1. The molecule has 3 rings (SSSR count). The molecule has 0 unspecified atom stereocenters. The van der Waals surface area contributed by atoms with Crippen molar-refractivity contribution in [2.24, 2.45) is 17.1 Å². The summed E-state index contributed by atoms with van der Waals surface area (Å²) in [6, 6.07) is 9.55. The maximum Gasteiger partial charge on any atom is 0.227 e. The molecule has 2 fully saturated rings. The Morgan fingerprint density at radius 2 is 1.70 bits per heavy atom. The van der Waals surface area contributed by atoms with Gasteiger partial charge in [-0.15, -0.1) is 12.4 Å². The molecule has 5 nitrogen and oxygen atoms in total. The van der Waals surface area contributed by atoms with Crippen LogP contribution >= 0.6 is 12.4 Å². The summed E-state index contributed by atoms with van der Waals surface area (Å²) in [7, 11) is 0. The summed E-state index contributed by atoms with van der Waals surface area (Å²) in [5.41, 5.74) is 6.87. The van der Waals surface area contributed by atoms with Crippen molar-refractivity contribution in [3.63, 3.8) is 0 Å². The van der Waals surface area contributed by atoms with E-state index in [-0.39, 0.29) is 35.6 Å². The minimum Gasteiger partial charge on any atom is -0.343 e. The quantitative estimate of drug-likeness (QED) is 0.802. The third kappa shape index (κ3) is 5.69.